The number of allylic oxidation sites excluding steroid dienone is 1. The van der Waals surface area contributed by atoms with E-state index >= 15 is 0 Å². The van der Waals surface area contributed by atoms with E-state index < -0.39 is 0 Å². The van der Waals surface area contributed by atoms with E-state index in [1.165, 1.54) is 0 Å². The van der Waals surface area contributed by atoms with Gasteiger partial charge in [-0.2, -0.15) is 5.10 Å². The lowest BCUT2D eigenvalue weighted by molar-refractivity contribution is 0.0176. The fourth-order valence-electron chi connectivity index (χ4n) is 7.34. The van der Waals surface area contributed by atoms with E-state index in [1.807, 2.05) is 42.9 Å². The number of carbonyl (C=O) groups is 1. The van der Waals surface area contributed by atoms with Crippen molar-refractivity contribution in [3.63, 3.8) is 0 Å². The summed E-state index contributed by atoms with van der Waals surface area (Å²) in [6.07, 6.45) is 6.20. The van der Waals surface area contributed by atoms with Gasteiger partial charge in [-0.05, 0) is 50.1 Å². The van der Waals surface area contributed by atoms with Gasteiger partial charge in [-0.25, -0.2) is 4.79 Å². The monoisotopic (exact) mass is 662 g/mol. The number of morpholine rings is 1. The molecule has 0 amide bonds. The Bertz CT molecular complexity index is 1960. The number of aromatic nitrogens is 3. The molecule has 1 atom stereocenters. The Labute approximate surface area is 288 Å². The van der Waals surface area contributed by atoms with Gasteiger partial charge >= 0.3 is 5.97 Å². The molecule has 9 heteroatoms. The lowest BCUT2D eigenvalue weighted by Gasteiger charge is -2.28. The maximum Gasteiger partial charge on any atom is 0.355 e. The molecule has 0 radical (unpaired) electrons. The molecule has 5 aromatic rings. The summed E-state index contributed by atoms with van der Waals surface area (Å²) in [4.78, 5) is 16.3. The van der Waals surface area contributed by atoms with Crippen LogP contribution in [0.1, 0.15) is 53.3 Å². The van der Waals surface area contributed by atoms with Gasteiger partial charge in [0.2, 0.25) is 0 Å². The first-order chi connectivity index (χ1) is 24.0. The number of para-hydroxylation sites is 1. The van der Waals surface area contributed by atoms with Crippen LogP contribution in [-0.2, 0) is 34.2 Å². The molecule has 256 valence electrons. The molecule has 1 unspecified atom stereocenters. The predicted octanol–water partition coefficient (Wildman–Crippen LogP) is 7.04. The zero-order valence-corrected chi connectivity index (χ0v) is 28.8. The van der Waals surface area contributed by atoms with Crippen LogP contribution in [-0.4, -0.2) is 77.9 Å². The van der Waals surface area contributed by atoms with E-state index in [9.17, 15) is 4.79 Å². The van der Waals surface area contributed by atoms with Crippen LogP contribution in [0.2, 0.25) is 0 Å². The van der Waals surface area contributed by atoms with Crippen molar-refractivity contribution in [2.24, 2.45) is 7.05 Å². The zero-order chi connectivity index (χ0) is 33.7. The lowest BCUT2D eigenvalue weighted by Crippen LogP contribution is -2.37. The van der Waals surface area contributed by atoms with Crippen molar-refractivity contribution in [2.75, 3.05) is 52.7 Å². The van der Waals surface area contributed by atoms with Crippen molar-refractivity contribution in [1.82, 2.24) is 19.2 Å². The Morgan fingerprint density at radius 3 is 2.65 bits per heavy atom. The summed E-state index contributed by atoms with van der Waals surface area (Å²) in [6.45, 7) is 10.1. The number of rotatable bonds is 10. The predicted molar refractivity (Wildman–Crippen MR) is 192 cm³/mol. The summed E-state index contributed by atoms with van der Waals surface area (Å²) in [5.41, 5.74) is 6.74. The largest absolute Gasteiger partial charge is 0.493 e. The Balaban J connectivity index is 1.28. The van der Waals surface area contributed by atoms with Crippen LogP contribution in [0.3, 0.4) is 0 Å². The number of carbonyl (C=O) groups excluding carboxylic acids is 1. The molecule has 7 rings (SSSR count). The highest BCUT2D eigenvalue weighted by molar-refractivity contribution is 6.05. The van der Waals surface area contributed by atoms with E-state index in [0.29, 0.717) is 38.5 Å². The third kappa shape index (κ3) is 6.75. The smallest absolute Gasteiger partial charge is 0.355 e. The first-order valence-corrected chi connectivity index (χ1v) is 17.6. The fourth-order valence-corrected chi connectivity index (χ4v) is 7.34. The van der Waals surface area contributed by atoms with Gasteiger partial charge in [0.05, 0.1) is 44.2 Å². The third-order valence-corrected chi connectivity index (χ3v) is 9.83. The quantitative estimate of drug-likeness (QED) is 0.0902. The van der Waals surface area contributed by atoms with Gasteiger partial charge in [-0.1, -0.05) is 66.7 Å². The lowest BCUT2D eigenvalue weighted by atomic mass is 9.96. The molecule has 2 aliphatic heterocycles. The van der Waals surface area contributed by atoms with Crippen LogP contribution in [0.15, 0.2) is 72.8 Å². The highest BCUT2D eigenvalue weighted by Gasteiger charge is 2.30. The number of hydrogen-bond donors (Lipinski definition) is 0. The minimum absolute atomic E-state index is 0.186. The molecule has 2 aliphatic rings. The molecule has 0 saturated carbocycles. The summed E-state index contributed by atoms with van der Waals surface area (Å²) in [5, 5.41) is 8.38. The molecule has 0 bridgehead atoms. The number of hydrogen-bond acceptors (Lipinski definition) is 7. The molecule has 49 heavy (non-hydrogen) atoms. The molecule has 1 saturated heterocycles. The van der Waals surface area contributed by atoms with Crippen LogP contribution >= 0.6 is 0 Å². The number of ether oxygens (including phenoxy) is 4. The minimum Gasteiger partial charge on any atom is -0.493 e. The van der Waals surface area contributed by atoms with E-state index in [1.54, 1.807) is 0 Å². The van der Waals surface area contributed by atoms with Crippen molar-refractivity contribution in [3.05, 3.63) is 95.5 Å². The van der Waals surface area contributed by atoms with Crippen LogP contribution in [0.5, 0.6) is 5.75 Å². The van der Waals surface area contributed by atoms with E-state index in [4.69, 9.17) is 24.0 Å². The Morgan fingerprint density at radius 1 is 1.00 bits per heavy atom. The van der Waals surface area contributed by atoms with Crippen molar-refractivity contribution in [1.29, 1.82) is 0 Å². The average molecular weight is 663 g/mol. The van der Waals surface area contributed by atoms with Crippen LogP contribution in [0.4, 0.5) is 0 Å². The first-order valence-electron chi connectivity index (χ1n) is 17.6. The van der Waals surface area contributed by atoms with Gasteiger partial charge in [-0.15, -0.1) is 0 Å². The van der Waals surface area contributed by atoms with Gasteiger partial charge < -0.3 is 23.5 Å². The maximum atomic E-state index is 13.8. The van der Waals surface area contributed by atoms with Crippen molar-refractivity contribution in [3.8, 4) is 16.9 Å². The van der Waals surface area contributed by atoms with Gasteiger partial charge in [0.1, 0.15) is 17.5 Å². The molecule has 0 N–H and O–H groups in total. The third-order valence-electron chi connectivity index (χ3n) is 9.83. The van der Waals surface area contributed by atoms with Crippen LogP contribution in [0, 0.1) is 6.92 Å². The second-order valence-electron chi connectivity index (χ2n) is 12.8. The van der Waals surface area contributed by atoms with Gasteiger partial charge in [0.25, 0.3) is 0 Å². The average Bonchev–Trinajstić information content (AvgIpc) is 3.60. The normalized spacial score (nSPS) is 17.5. The van der Waals surface area contributed by atoms with Crippen LogP contribution in [0.25, 0.3) is 32.8 Å². The number of aryl methyl sites for hydroxylation is 2. The molecule has 3 aromatic carbocycles. The Morgan fingerprint density at radius 2 is 1.80 bits per heavy atom. The van der Waals surface area contributed by atoms with E-state index in [-0.39, 0.29) is 12.1 Å². The summed E-state index contributed by atoms with van der Waals surface area (Å²) in [6, 6.07) is 20.8. The number of fused-ring (bicyclic) bond motifs is 3. The topological polar surface area (TPSA) is 80.0 Å². The van der Waals surface area contributed by atoms with Gasteiger partial charge in [0, 0.05) is 60.8 Å². The molecule has 1 fully saturated rings. The number of benzene rings is 3. The molecule has 9 nitrogen and oxygen atoms in total. The molecular formula is C40H46N4O5. The molecule has 0 spiro atoms. The first kappa shape index (κ1) is 33.1. The highest BCUT2D eigenvalue weighted by Crippen LogP contribution is 2.41. The molecular weight excluding hydrogens is 616 g/mol. The maximum absolute atomic E-state index is 13.8. The summed E-state index contributed by atoms with van der Waals surface area (Å²) in [5.74, 6) is 0.568. The summed E-state index contributed by atoms with van der Waals surface area (Å²) in [7, 11) is 2.00. The SMILES string of the molecule is CCOC(=O)c1c(CCCOc2cccc3ccccc23)c2cccc3c2n1C/C=C\COC(CCN1CCOCC1)c1nn(C)c(C)c1-3. The van der Waals surface area contributed by atoms with Crippen molar-refractivity contribution in [2.45, 2.75) is 45.8 Å². The summed E-state index contributed by atoms with van der Waals surface area (Å²) < 4.78 is 28.3. The molecule has 2 aromatic heterocycles. The summed E-state index contributed by atoms with van der Waals surface area (Å²) >= 11 is 0. The van der Waals surface area contributed by atoms with E-state index in [0.717, 1.165) is 101 Å². The van der Waals surface area contributed by atoms with Crippen molar-refractivity contribution < 1.29 is 23.7 Å². The second kappa shape index (κ2) is 15.0. The van der Waals surface area contributed by atoms with E-state index in [2.05, 4.69) is 64.9 Å². The zero-order valence-electron chi connectivity index (χ0n) is 28.8. The Hall–Kier alpha value is -4.44. The van der Waals surface area contributed by atoms with Crippen molar-refractivity contribution >= 4 is 27.6 Å². The number of nitrogens with zero attached hydrogens (tertiary/aromatic N) is 4. The highest BCUT2D eigenvalue weighted by atomic mass is 16.5. The number of esters is 1. The van der Waals surface area contributed by atoms with Gasteiger partial charge in [0.15, 0.2) is 0 Å². The second-order valence-corrected chi connectivity index (χ2v) is 12.8. The standard InChI is InChI=1S/C40H46N4O5/c1-4-47-40(45)39-32(17-11-25-48-34-18-9-13-29-12-5-6-14-30(29)34)31-15-10-16-33-36-28(2)42(3)41-37(36)35(19-21-43-22-26-46-27-23-43)49-24-8-7-20-44(39)38(31)33/h5-10,12-16,18,35H,4,11,17,19-27H2,1-3H3/b8-7-. The molecule has 0 aliphatic carbocycles. The minimum atomic E-state index is -0.305. The Kier molecular flexibility index (Phi) is 10.1. The molecule has 4 heterocycles. The van der Waals surface area contributed by atoms with Gasteiger partial charge in [-0.3, -0.25) is 9.58 Å². The van der Waals surface area contributed by atoms with Crippen LogP contribution < -0.4 is 4.74 Å². The fraction of sp³-hybridized carbons (Fsp3) is 0.400.